The fourth-order valence-electron chi connectivity index (χ4n) is 0.934. The zero-order valence-electron chi connectivity index (χ0n) is 7.28. The molecule has 0 rings (SSSR count). The molecule has 0 aromatic rings. The van der Waals surface area contributed by atoms with Gasteiger partial charge in [-0.15, -0.1) is 0 Å². The van der Waals surface area contributed by atoms with Crippen LogP contribution < -0.4 is 0 Å². The first-order valence-electron chi connectivity index (χ1n) is 4.13. The van der Waals surface area contributed by atoms with Crippen LogP contribution >= 0.6 is 0 Å². The minimum atomic E-state index is 0.892. The molecule has 0 radical (unpaired) electrons. The first kappa shape index (κ1) is 9.06. The van der Waals surface area contributed by atoms with E-state index >= 15 is 0 Å². The molecule has 9 heavy (non-hydrogen) atoms. The maximum absolute atomic E-state index is 2.29. The fourth-order valence-corrected chi connectivity index (χ4v) is 0.934. The quantitative estimate of drug-likeness (QED) is 0.507. The molecule has 54 valence electrons. The van der Waals surface area contributed by atoms with E-state index in [4.69, 9.17) is 0 Å². The van der Waals surface area contributed by atoms with Crippen molar-refractivity contribution in [2.75, 3.05) is 0 Å². The Balaban J connectivity index is 2.91. The zero-order chi connectivity index (χ0) is 7.28. The highest BCUT2D eigenvalue weighted by Gasteiger charge is 1.98. The van der Waals surface area contributed by atoms with E-state index in [-0.39, 0.29) is 0 Å². The second kappa shape index (κ2) is 4.90. The van der Waals surface area contributed by atoms with E-state index < -0.39 is 0 Å². The number of hydrogen-bond acceptors (Lipinski definition) is 0. The molecule has 0 aromatic carbocycles. The summed E-state index contributed by atoms with van der Waals surface area (Å²) < 4.78 is 0. The van der Waals surface area contributed by atoms with Crippen LogP contribution in [-0.4, -0.2) is 6.71 Å². The van der Waals surface area contributed by atoms with E-state index in [2.05, 4.69) is 27.5 Å². The molecule has 0 fully saturated rings. The maximum Gasteiger partial charge on any atom is 0.133 e. The van der Waals surface area contributed by atoms with Gasteiger partial charge in [-0.3, -0.25) is 0 Å². The van der Waals surface area contributed by atoms with Crippen LogP contribution in [0, 0.1) is 5.92 Å². The second-order valence-electron chi connectivity index (χ2n) is 3.72. The number of rotatable bonds is 4. The highest BCUT2D eigenvalue weighted by Crippen LogP contribution is 2.08. The third-order valence-corrected chi connectivity index (χ3v) is 1.56. The molecule has 0 atom stereocenters. The van der Waals surface area contributed by atoms with Crippen molar-refractivity contribution in [2.45, 2.75) is 46.7 Å². The van der Waals surface area contributed by atoms with Gasteiger partial charge in [-0.25, -0.2) is 0 Å². The van der Waals surface area contributed by atoms with Crippen LogP contribution in [0.2, 0.25) is 20.0 Å². The van der Waals surface area contributed by atoms with Gasteiger partial charge in [0.2, 0.25) is 0 Å². The molecule has 1 heteroatoms. The summed E-state index contributed by atoms with van der Waals surface area (Å²) in [5.41, 5.74) is 0. The summed E-state index contributed by atoms with van der Waals surface area (Å²) in [5, 5.41) is 0. The summed E-state index contributed by atoms with van der Waals surface area (Å²) in [6.45, 7) is 10.1. The van der Waals surface area contributed by atoms with Crippen molar-refractivity contribution in [3.8, 4) is 0 Å². The molecule has 0 heterocycles. The van der Waals surface area contributed by atoms with Crippen LogP contribution in [0.3, 0.4) is 0 Å². The van der Waals surface area contributed by atoms with Gasteiger partial charge >= 0.3 is 0 Å². The van der Waals surface area contributed by atoms with Crippen LogP contribution in [0.5, 0.6) is 0 Å². The van der Waals surface area contributed by atoms with Crippen molar-refractivity contribution in [1.29, 1.82) is 0 Å². The lowest BCUT2D eigenvalue weighted by molar-refractivity contribution is 0.574. The molecule has 0 aliphatic rings. The molecule has 0 aromatic heterocycles. The molecule has 0 saturated heterocycles. The van der Waals surface area contributed by atoms with Gasteiger partial charge in [0, 0.05) is 0 Å². The van der Waals surface area contributed by atoms with Crippen molar-refractivity contribution in [3.05, 3.63) is 0 Å². The zero-order valence-corrected chi connectivity index (χ0v) is 7.28. The van der Waals surface area contributed by atoms with E-state index in [0.29, 0.717) is 0 Å². The standard InChI is InChI=1S/C8H19B/c1-8(2)6-5-7-9(3)4/h8H,5-7H2,1-4H3. The van der Waals surface area contributed by atoms with Crippen LogP contribution in [0.25, 0.3) is 0 Å². The first-order chi connectivity index (χ1) is 4.13. The molecule has 0 aliphatic carbocycles. The van der Waals surface area contributed by atoms with Crippen molar-refractivity contribution in [1.82, 2.24) is 0 Å². The van der Waals surface area contributed by atoms with Crippen LogP contribution in [-0.2, 0) is 0 Å². The maximum atomic E-state index is 2.29. The van der Waals surface area contributed by atoms with E-state index in [1.54, 1.807) is 0 Å². The average Bonchev–Trinajstić information content (AvgIpc) is 1.63. The third-order valence-electron chi connectivity index (χ3n) is 1.56. The summed E-state index contributed by atoms with van der Waals surface area (Å²) in [5.74, 6) is 0.892. The molecule has 0 amide bonds. The molecule has 0 spiro atoms. The highest BCUT2D eigenvalue weighted by atomic mass is 13.9. The predicted octanol–water partition coefficient (Wildman–Crippen LogP) is 3.18. The van der Waals surface area contributed by atoms with Gasteiger partial charge in [-0.2, -0.15) is 0 Å². The average molecular weight is 126 g/mol. The molecule has 0 unspecified atom stereocenters. The Kier molecular flexibility index (Phi) is 4.93. The Morgan fingerprint density at radius 1 is 1.22 bits per heavy atom. The molecule has 0 N–H and O–H groups in total. The van der Waals surface area contributed by atoms with E-state index in [9.17, 15) is 0 Å². The van der Waals surface area contributed by atoms with Crippen molar-refractivity contribution < 1.29 is 0 Å². The molecule has 0 aliphatic heterocycles. The van der Waals surface area contributed by atoms with Gasteiger partial charge in [-0.05, 0) is 5.92 Å². The van der Waals surface area contributed by atoms with E-state index in [1.807, 2.05) is 0 Å². The Hall–Kier alpha value is 0.0649. The Morgan fingerprint density at radius 2 is 1.78 bits per heavy atom. The normalized spacial score (nSPS) is 10.3. The lowest BCUT2D eigenvalue weighted by Crippen LogP contribution is -1.99. The highest BCUT2D eigenvalue weighted by molar-refractivity contribution is 6.55. The summed E-state index contributed by atoms with van der Waals surface area (Å²) in [6.07, 6.45) is 4.21. The largest absolute Gasteiger partial charge is 0.133 e. The second-order valence-corrected chi connectivity index (χ2v) is 3.72. The van der Waals surface area contributed by atoms with Gasteiger partial charge in [0.25, 0.3) is 0 Å². The Labute approximate surface area is 60.1 Å². The minimum Gasteiger partial charge on any atom is -0.0863 e. The van der Waals surface area contributed by atoms with Gasteiger partial charge in [0.15, 0.2) is 0 Å². The van der Waals surface area contributed by atoms with Crippen LogP contribution in [0.4, 0.5) is 0 Å². The monoisotopic (exact) mass is 126 g/mol. The molecule has 0 nitrogen and oxygen atoms in total. The lowest BCUT2D eigenvalue weighted by atomic mass is 9.51. The van der Waals surface area contributed by atoms with Gasteiger partial charge in [0.05, 0.1) is 0 Å². The van der Waals surface area contributed by atoms with Crippen molar-refractivity contribution in [2.24, 2.45) is 5.92 Å². The van der Waals surface area contributed by atoms with Crippen molar-refractivity contribution in [3.63, 3.8) is 0 Å². The van der Waals surface area contributed by atoms with E-state index in [0.717, 1.165) is 12.6 Å². The van der Waals surface area contributed by atoms with Crippen molar-refractivity contribution >= 4 is 6.71 Å². The van der Waals surface area contributed by atoms with Crippen LogP contribution in [0.1, 0.15) is 26.7 Å². The fraction of sp³-hybridized carbons (Fsp3) is 1.00. The smallest absolute Gasteiger partial charge is 0.0863 e. The molecular formula is C8H19B. The van der Waals surface area contributed by atoms with E-state index in [1.165, 1.54) is 19.2 Å². The topological polar surface area (TPSA) is 0 Å². The summed E-state index contributed by atoms with van der Waals surface area (Å²) in [7, 11) is 0. The SMILES string of the molecule is CB(C)CCCC(C)C. The minimum absolute atomic E-state index is 0.892. The third kappa shape index (κ3) is 8.06. The summed E-state index contributed by atoms with van der Waals surface area (Å²) in [6, 6.07) is 0. The number of hydrogen-bond donors (Lipinski definition) is 0. The summed E-state index contributed by atoms with van der Waals surface area (Å²) >= 11 is 0. The Morgan fingerprint density at radius 3 is 2.11 bits per heavy atom. The van der Waals surface area contributed by atoms with Gasteiger partial charge in [-0.1, -0.05) is 46.7 Å². The van der Waals surface area contributed by atoms with Gasteiger partial charge in [0.1, 0.15) is 6.71 Å². The van der Waals surface area contributed by atoms with Gasteiger partial charge < -0.3 is 0 Å². The first-order valence-corrected chi connectivity index (χ1v) is 4.13. The predicted molar refractivity (Wildman–Crippen MR) is 46.4 cm³/mol. The lowest BCUT2D eigenvalue weighted by Gasteiger charge is -2.03. The molecule has 0 saturated carbocycles. The van der Waals surface area contributed by atoms with Crippen LogP contribution in [0.15, 0.2) is 0 Å². The Bertz CT molecular complexity index is 49.6. The molecule has 0 bridgehead atoms. The molecular weight excluding hydrogens is 107 g/mol. The summed E-state index contributed by atoms with van der Waals surface area (Å²) in [4.78, 5) is 0.